The van der Waals surface area contributed by atoms with Gasteiger partial charge in [-0.3, -0.25) is 4.79 Å². The summed E-state index contributed by atoms with van der Waals surface area (Å²) in [6.07, 6.45) is 0.754. The lowest BCUT2D eigenvalue weighted by Crippen LogP contribution is -2.44. The Labute approximate surface area is 135 Å². The van der Waals surface area contributed by atoms with E-state index in [-0.39, 0.29) is 23.7 Å². The number of amides is 1. The number of hydrogen-bond donors (Lipinski definition) is 2. The molecule has 1 amide bonds. The van der Waals surface area contributed by atoms with Crippen LogP contribution in [0.5, 0.6) is 0 Å². The van der Waals surface area contributed by atoms with E-state index in [1.54, 1.807) is 13.8 Å². The molecule has 0 bridgehead atoms. The minimum absolute atomic E-state index is 0.144. The molecule has 1 aromatic rings. The number of esters is 2. The highest BCUT2D eigenvalue weighted by atomic mass is 16.5. The number of aromatic amines is 1. The molecule has 0 saturated heterocycles. The Kier molecular flexibility index (Phi) is 5.95. The van der Waals surface area contributed by atoms with Crippen LogP contribution in [0.25, 0.3) is 0 Å². The van der Waals surface area contributed by atoms with E-state index >= 15 is 0 Å². The zero-order valence-corrected chi connectivity index (χ0v) is 14.5. The van der Waals surface area contributed by atoms with Crippen LogP contribution in [-0.4, -0.2) is 42.1 Å². The van der Waals surface area contributed by atoms with Gasteiger partial charge in [0.15, 0.2) is 6.61 Å². The Hall–Kier alpha value is -2.31. The summed E-state index contributed by atoms with van der Waals surface area (Å²) in [6.45, 7) is 8.61. The van der Waals surface area contributed by atoms with Crippen molar-refractivity contribution in [3.63, 3.8) is 0 Å². The molecule has 1 aromatic heterocycles. The molecule has 7 nitrogen and oxygen atoms in total. The van der Waals surface area contributed by atoms with E-state index in [2.05, 4.69) is 15.0 Å². The molecule has 7 heteroatoms. The van der Waals surface area contributed by atoms with Crippen LogP contribution >= 0.6 is 0 Å². The Morgan fingerprint density at radius 1 is 1.17 bits per heavy atom. The van der Waals surface area contributed by atoms with Crippen molar-refractivity contribution >= 4 is 17.8 Å². The van der Waals surface area contributed by atoms with E-state index in [0.29, 0.717) is 16.8 Å². The SMILES string of the molecule is CCC(C)(C)NC(=O)COC(=O)c1[nH]c(C)c(C(=O)OC)c1C. The van der Waals surface area contributed by atoms with Gasteiger partial charge in [0.25, 0.3) is 5.91 Å². The monoisotopic (exact) mass is 324 g/mol. The second-order valence-corrected chi connectivity index (χ2v) is 5.98. The maximum absolute atomic E-state index is 12.1. The van der Waals surface area contributed by atoms with Crippen LogP contribution in [-0.2, 0) is 14.3 Å². The van der Waals surface area contributed by atoms with Gasteiger partial charge in [-0.2, -0.15) is 0 Å². The van der Waals surface area contributed by atoms with E-state index in [1.807, 2.05) is 20.8 Å². The highest BCUT2D eigenvalue weighted by Crippen LogP contribution is 2.19. The molecule has 0 radical (unpaired) electrons. The number of carbonyl (C=O) groups excluding carboxylic acids is 3. The summed E-state index contributed by atoms with van der Waals surface area (Å²) >= 11 is 0. The van der Waals surface area contributed by atoms with Crippen molar-refractivity contribution in [3.05, 3.63) is 22.5 Å². The summed E-state index contributed by atoms with van der Waals surface area (Å²) in [5.41, 5.74) is 1.04. The van der Waals surface area contributed by atoms with Crippen molar-refractivity contribution in [2.24, 2.45) is 0 Å². The molecule has 0 aliphatic rings. The number of aromatic nitrogens is 1. The summed E-state index contributed by atoms with van der Waals surface area (Å²) < 4.78 is 9.69. The van der Waals surface area contributed by atoms with E-state index in [0.717, 1.165) is 6.42 Å². The molecule has 0 fully saturated rings. The summed E-state index contributed by atoms with van der Waals surface area (Å²) in [4.78, 5) is 38.4. The van der Waals surface area contributed by atoms with Gasteiger partial charge in [-0.25, -0.2) is 9.59 Å². The highest BCUT2D eigenvalue weighted by molar-refractivity contribution is 5.99. The predicted octanol–water partition coefficient (Wildman–Crippen LogP) is 1.88. The van der Waals surface area contributed by atoms with Crippen molar-refractivity contribution in [1.29, 1.82) is 0 Å². The fourth-order valence-electron chi connectivity index (χ4n) is 2.07. The van der Waals surface area contributed by atoms with Crippen LogP contribution in [0.15, 0.2) is 0 Å². The fourth-order valence-corrected chi connectivity index (χ4v) is 2.07. The van der Waals surface area contributed by atoms with Crippen LogP contribution in [0.1, 0.15) is 59.3 Å². The Bertz CT molecular complexity index is 616. The Morgan fingerprint density at radius 3 is 2.30 bits per heavy atom. The van der Waals surface area contributed by atoms with Gasteiger partial charge in [0.05, 0.1) is 12.7 Å². The lowest BCUT2D eigenvalue weighted by molar-refractivity contribution is -0.125. The van der Waals surface area contributed by atoms with Gasteiger partial charge in [0.2, 0.25) is 0 Å². The summed E-state index contributed by atoms with van der Waals surface area (Å²) in [6, 6.07) is 0. The van der Waals surface area contributed by atoms with Gasteiger partial charge in [0, 0.05) is 11.2 Å². The van der Waals surface area contributed by atoms with Crippen molar-refractivity contribution in [2.45, 2.75) is 46.6 Å². The third kappa shape index (κ3) is 4.58. The number of carbonyl (C=O) groups is 3. The quantitative estimate of drug-likeness (QED) is 0.779. The maximum Gasteiger partial charge on any atom is 0.355 e. The maximum atomic E-state index is 12.1. The van der Waals surface area contributed by atoms with Gasteiger partial charge < -0.3 is 19.8 Å². The lowest BCUT2D eigenvalue weighted by Gasteiger charge is -2.24. The van der Waals surface area contributed by atoms with E-state index in [4.69, 9.17) is 4.74 Å². The standard InChI is InChI=1S/C16H24N2O5/c1-7-16(4,5)18-11(19)8-23-15(21)13-9(2)12(10(3)17-13)14(20)22-6/h17H,7-8H2,1-6H3,(H,18,19). The molecule has 0 unspecified atom stereocenters. The molecule has 0 saturated carbocycles. The van der Waals surface area contributed by atoms with Crippen molar-refractivity contribution in [2.75, 3.05) is 13.7 Å². The van der Waals surface area contributed by atoms with E-state index in [9.17, 15) is 14.4 Å². The second-order valence-electron chi connectivity index (χ2n) is 5.98. The molecule has 2 N–H and O–H groups in total. The Balaban J connectivity index is 2.77. The number of H-pyrrole nitrogens is 1. The molecule has 0 atom stereocenters. The molecule has 0 aromatic carbocycles. The van der Waals surface area contributed by atoms with Crippen LogP contribution < -0.4 is 5.32 Å². The first-order valence-corrected chi connectivity index (χ1v) is 7.38. The largest absolute Gasteiger partial charge is 0.465 e. The van der Waals surface area contributed by atoms with Crippen molar-refractivity contribution in [3.8, 4) is 0 Å². The molecular formula is C16H24N2O5. The highest BCUT2D eigenvalue weighted by Gasteiger charge is 2.24. The summed E-state index contributed by atoms with van der Waals surface area (Å²) in [7, 11) is 1.27. The van der Waals surface area contributed by atoms with Crippen LogP contribution in [0.3, 0.4) is 0 Å². The second kappa shape index (κ2) is 7.30. The number of nitrogens with one attached hydrogen (secondary N) is 2. The zero-order valence-electron chi connectivity index (χ0n) is 14.5. The smallest absolute Gasteiger partial charge is 0.355 e. The van der Waals surface area contributed by atoms with Crippen LogP contribution in [0.2, 0.25) is 0 Å². The molecule has 0 aliphatic heterocycles. The minimum Gasteiger partial charge on any atom is -0.465 e. The lowest BCUT2D eigenvalue weighted by atomic mass is 10.0. The van der Waals surface area contributed by atoms with Gasteiger partial charge >= 0.3 is 11.9 Å². The third-order valence-electron chi connectivity index (χ3n) is 3.73. The normalized spacial score (nSPS) is 11.0. The number of aryl methyl sites for hydroxylation is 1. The first-order valence-electron chi connectivity index (χ1n) is 7.38. The molecule has 1 heterocycles. The van der Waals surface area contributed by atoms with Crippen LogP contribution in [0, 0.1) is 13.8 Å². The first kappa shape index (κ1) is 18.7. The van der Waals surface area contributed by atoms with E-state index < -0.39 is 11.9 Å². The number of methoxy groups -OCH3 is 1. The molecule has 1 rings (SSSR count). The van der Waals surface area contributed by atoms with Gasteiger partial charge in [-0.15, -0.1) is 0 Å². The Morgan fingerprint density at radius 2 is 1.78 bits per heavy atom. The minimum atomic E-state index is -0.690. The summed E-state index contributed by atoms with van der Waals surface area (Å²) in [5, 5.41) is 2.77. The van der Waals surface area contributed by atoms with E-state index in [1.165, 1.54) is 7.11 Å². The zero-order chi connectivity index (χ0) is 17.8. The number of rotatable bonds is 6. The van der Waals surface area contributed by atoms with Gasteiger partial charge in [-0.1, -0.05) is 6.92 Å². The number of ether oxygens (including phenoxy) is 2. The molecular weight excluding hydrogens is 300 g/mol. The molecule has 23 heavy (non-hydrogen) atoms. The van der Waals surface area contributed by atoms with Gasteiger partial charge in [0.1, 0.15) is 5.69 Å². The fraction of sp³-hybridized carbons (Fsp3) is 0.562. The van der Waals surface area contributed by atoms with Gasteiger partial charge in [-0.05, 0) is 39.7 Å². The van der Waals surface area contributed by atoms with Crippen molar-refractivity contribution in [1.82, 2.24) is 10.3 Å². The average Bonchev–Trinajstić information content (AvgIpc) is 2.78. The molecule has 128 valence electrons. The summed E-state index contributed by atoms with van der Waals surface area (Å²) in [5.74, 6) is -1.60. The van der Waals surface area contributed by atoms with Crippen LogP contribution in [0.4, 0.5) is 0 Å². The molecule has 0 aliphatic carbocycles. The molecule has 0 spiro atoms. The predicted molar refractivity (Wildman–Crippen MR) is 84.4 cm³/mol. The number of hydrogen-bond acceptors (Lipinski definition) is 5. The third-order valence-corrected chi connectivity index (χ3v) is 3.73. The van der Waals surface area contributed by atoms with Crippen molar-refractivity contribution < 1.29 is 23.9 Å². The average molecular weight is 324 g/mol. The first-order chi connectivity index (χ1) is 10.6. The topological polar surface area (TPSA) is 97.5 Å².